The van der Waals surface area contributed by atoms with E-state index in [4.69, 9.17) is 19.3 Å². The molecule has 0 radical (unpaired) electrons. The second-order valence-corrected chi connectivity index (χ2v) is 7.43. The van der Waals surface area contributed by atoms with Crippen molar-refractivity contribution in [1.29, 1.82) is 0 Å². The van der Waals surface area contributed by atoms with Crippen molar-refractivity contribution in [1.82, 2.24) is 5.01 Å². The first-order chi connectivity index (χ1) is 15.1. The molecule has 2 heterocycles. The number of para-hydroxylation sites is 1. The number of hydrogen-bond donors (Lipinski definition) is 1. The molecule has 3 aromatic rings. The van der Waals surface area contributed by atoms with Crippen LogP contribution in [0.3, 0.4) is 0 Å². The van der Waals surface area contributed by atoms with Gasteiger partial charge in [-0.25, -0.2) is 9.40 Å². The van der Waals surface area contributed by atoms with Crippen molar-refractivity contribution >= 4 is 5.71 Å². The summed E-state index contributed by atoms with van der Waals surface area (Å²) in [6.45, 7) is 0. The fourth-order valence-corrected chi connectivity index (χ4v) is 4.13. The van der Waals surface area contributed by atoms with Gasteiger partial charge in [-0.05, 0) is 36.4 Å². The van der Waals surface area contributed by atoms with Crippen LogP contribution < -0.4 is 14.2 Å². The van der Waals surface area contributed by atoms with Gasteiger partial charge in [-0.3, -0.25) is 0 Å². The third kappa shape index (κ3) is 3.22. The number of rotatable bonds is 4. The Labute approximate surface area is 179 Å². The topological polar surface area (TPSA) is 63.5 Å². The Morgan fingerprint density at radius 1 is 1.06 bits per heavy atom. The zero-order chi connectivity index (χ0) is 21.5. The molecule has 0 saturated heterocycles. The highest BCUT2D eigenvalue weighted by Gasteiger charge is 2.42. The van der Waals surface area contributed by atoms with Gasteiger partial charge in [-0.1, -0.05) is 24.3 Å². The number of benzene rings is 3. The first kappa shape index (κ1) is 19.2. The lowest BCUT2D eigenvalue weighted by molar-refractivity contribution is -0.0209. The van der Waals surface area contributed by atoms with Crippen molar-refractivity contribution in [3.8, 4) is 23.0 Å². The molecule has 1 N–H and O–H groups in total. The summed E-state index contributed by atoms with van der Waals surface area (Å²) in [6, 6.07) is 16.9. The zero-order valence-electron chi connectivity index (χ0n) is 17.1. The van der Waals surface area contributed by atoms with Gasteiger partial charge in [0.2, 0.25) is 6.23 Å². The number of fused-ring (bicyclic) bond motifs is 3. The van der Waals surface area contributed by atoms with Gasteiger partial charge in [0.25, 0.3) is 0 Å². The summed E-state index contributed by atoms with van der Waals surface area (Å²) in [5.41, 5.74) is 3.03. The summed E-state index contributed by atoms with van der Waals surface area (Å²) < 4.78 is 30.7. The fourth-order valence-electron chi connectivity index (χ4n) is 4.13. The molecule has 3 aromatic carbocycles. The Morgan fingerprint density at radius 2 is 1.87 bits per heavy atom. The average Bonchev–Trinajstić information content (AvgIpc) is 3.24. The zero-order valence-corrected chi connectivity index (χ0v) is 17.1. The SMILES string of the molecule is COc1ccc(O)c(C2=NN3[C@H](C2)c2cccc(OC)c2O[C@@H]3c2ccc(F)cc2)c1. The first-order valence-corrected chi connectivity index (χ1v) is 9.91. The maximum atomic E-state index is 13.5. The predicted octanol–water partition coefficient (Wildman–Crippen LogP) is 4.79. The van der Waals surface area contributed by atoms with Gasteiger partial charge < -0.3 is 19.3 Å². The third-order valence-electron chi connectivity index (χ3n) is 5.67. The van der Waals surface area contributed by atoms with Crippen LogP contribution in [0.1, 0.15) is 35.4 Å². The van der Waals surface area contributed by atoms with Gasteiger partial charge in [0, 0.05) is 23.1 Å². The van der Waals surface area contributed by atoms with Crippen LogP contribution in [0.25, 0.3) is 0 Å². The number of ether oxygens (including phenoxy) is 3. The van der Waals surface area contributed by atoms with Crippen LogP contribution in [-0.2, 0) is 0 Å². The monoisotopic (exact) mass is 420 g/mol. The second-order valence-electron chi connectivity index (χ2n) is 7.43. The van der Waals surface area contributed by atoms with Crippen LogP contribution in [0, 0.1) is 5.82 Å². The van der Waals surface area contributed by atoms with Crippen molar-refractivity contribution in [2.24, 2.45) is 5.10 Å². The Kier molecular flexibility index (Phi) is 4.66. The molecule has 0 aliphatic carbocycles. The van der Waals surface area contributed by atoms with Crippen molar-refractivity contribution in [3.63, 3.8) is 0 Å². The Balaban J connectivity index is 1.63. The molecule has 5 rings (SSSR count). The van der Waals surface area contributed by atoms with E-state index in [1.54, 1.807) is 44.6 Å². The van der Waals surface area contributed by atoms with E-state index in [1.165, 1.54) is 12.1 Å². The number of halogens is 1. The maximum Gasteiger partial charge on any atom is 0.214 e. The smallest absolute Gasteiger partial charge is 0.214 e. The molecule has 31 heavy (non-hydrogen) atoms. The van der Waals surface area contributed by atoms with E-state index in [9.17, 15) is 9.50 Å². The van der Waals surface area contributed by atoms with Crippen LogP contribution in [-0.4, -0.2) is 30.0 Å². The molecule has 158 valence electrons. The number of methoxy groups -OCH3 is 2. The largest absolute Gasteiger partial charge is 0.507 e. The molecule has 0 unspecified atom stereocenters. The normalized spacial score (nSPS) is 19.2. The predicted molar refractivity (Wildman–Crippen MR) is 113 cm³/mol. The van der Waals surface area contributed by atoms with Crippen LogP contribution in [0.5, 0.6) is 23.0 Å². The number of phenols is 1. The van der Waals surface area contributed by atoms with E-state index in [-0.39, 0.29) is 17.6 Å². The lowest BCUT2D eigenvalue weighted by Gasteiger charge is -2.38. The highest BCUT2D eigenvalue weighted by molar-refractivity contribution is 6.04. The van der Waals surface area contributed by atoms with Gasteiger partial charge >= 0.3 is 0 Å². The van der Waals surface area contributed by atoms with Gasteiger partial charge in [0.15, 0.2) is 11.5 Å². The van der Waals surface area contributed by atoms with Crippen molar-refractivity contribution in [3.05, 3.63) is 83.2 Å². The Hall–Kier alpha value is -3.74. The average molecular weight is 420 g/mol. The van der Waals surface area contributed by atoms with Gasteiger partial charge in [0.05, 0.1) is 26.0 Å². The fraction of sp³-hybridized carbons (Fsp3) is 0.208. The highest BCUT2D eigenvalue weighted by Crippen LogP contribution is 2.51. The van der Waals surface area contributed by atoms with E-state index in [0.717, 1.165) is 11.1 Å². The summed E-state index contributed by atoms with van der Waals surface area (Å²) in [4.78, 5) is 0. The van der Waals surface area contributed by atoms with Crippen LogP contribution in [0.2, 0.25) is 0 Å². The van der Waals surface area contributed by atoms with Crippen molar-refractivity contribution in [2.45, 2.75) is 18.7 Å². The summed E-state index contributed by atoms with van der Waals surface area (Å²) in [7, 11) is 3.18. The van der Waals surface area contributed by atoms with Crippen molar-refractivity contribution < 1.29 is 23.7 Å². The molecule has 0 fully saturated rings. The van der Waals surface area contributed by atoms with E-state index >= 15 is 0 Å². The molecule has 0 saturated carbocycles. The Bertz CT molecular complexity index is 1160. The minimum absolute atomic E-state index is 0.129. The number of hydrazone groups is 1. The lowest BCUT2D eigenvalue weighted by atomic mass is 9.95. The van der Waals surface area contributed by atoms with Crippen LogP contribution in [0.15, 0.2) is 65.8 Å². The minimum atomic E-state index is -0.570. The van der Waals surface area contributed by atoms with Gasteiger partial charge in [-0.2, -0.15) is 5.10 Å². The summed E-state index contributed by atoms with van der Waals surface area (Å²) in [5.74, 6) is 1.72. The lowest BCUT2D eigenvalue weighted by Crippen LogP contribution is -2.33. The molecule has 2 aliphatic heterocycles. The highest BCUT2D eigenvalue weighted by atomic mass is 19.1. The number of hydrogen-bond acceptors (Lipinski definition) is 6. The first-order valence-electron chi connectivity index (χ1n) is 9.91. The molecular weight excluding hydrogens is 399 g/mol. The molecule has 0 amide bonds. The van der Waals surface area contributed by atoms with E-state index in [0.29, 0.717) is 34.9 Å². The Morgan fingerprint density at radius 3 is 2.61 bits per heavy atom. The quantitative estimate of drug-likeness (QED) is 0.658. The number of aromatic hydroxyl groups is 1. The van der Waals surface area contributed by atoms with Crippen LogP contribution in [0.4, 0.5) is 4.39 Å². The molecule has 2 aliphatic rings. The van der Waals surface area contributed by atoms with E-state index in [1.807, 2.05) is 23.2 Å². The maximum absolute atomic E-state index is 13.5. The van der Waals surface area contributed by atoms with E-state index < -0.39 is 6.23 Å². The van der Waals surface area contributed by atoms with Gasteiger partial charge in [0.1, 0.15) is 17.3 Å². The summed E-state index contributed by atoms with van der Waals surface area (Å²) in [6.07, 6.45) is -0.0123. The molecule has 0 bridgehead atoms. The minimum Gasteiger partial charge on any atom is -0.507 e. The molecule has 6 nitrogen and oxygen atoms in total. The second kappa shape index (κ2) is 7.50. The van der Waals surface area contributed by atoms with Gasteiger partial charge in [-0.15, -0.1) is 0 Å². The molecular formula is C24H21FN2O4. The van der Waals surface area contributed by atoms with Crippen molar-refractivity contribution in [2.75, 3.05) is 14.2 Å². The third-order valence-corrected chi connectivity index (χ3v) is 5.67. The molecule has 0 spiro atoms. The van der Waals surface area contributed by atoms with Crippen LogP contribution >= 0.6 is 0 Å². The summed E-state index contributed by atoms with van der Waals surface area (Å²) >= 11 is 0. The van der Waals surface area contributed by atoms with E-state index in [2.05, 4.69) is 0 Å². The summed E-state index contributed by atoms with van der Waals surface area (Å²) in [5, 5.41) is 17.2. The number of phenolic OH excluding ortho intramolecular Hbond substituents is 1. The molecule has 2 atom stereocenters. The standard InChI is InChI=1S/C24H21FN2O4/c1-29-16-10-11-21(28)18(12-16)19-13-20-17-4-3-5-22(30-2)23(17)31-24(27(20)26-19)14-6-8-15(25)9-7-14/h3-12,20,24,28H,13H2,1-2H3/t20-,24-/m1/s1. The molecule has 7 heteroatoms. The molecule has 0 aromatic heterocycles. The number of nitrogens with zero attached hydrogens (tertiary/aromatic N) is 2.